The Morgan fingerprint density at radius 1 is 0.867 bits per heavy atom. The molecule has 2 aromatic heterocycles. The number of hydrogen-bond donors (Lipinski definition) is 2. The van der Waals surface area contributed by atoms with Gasteiger partial charge in [0.05, 0.1) is 11.4 Å². The van der Waals surface area contributed by atoms with E-state index < -0.39 is 0 Å². The number of nitrogens with zero attached hydrogens (tertiary/aromatic N) is 6. The summed E-state index contributed by atoms with van der Waals surface area (Å²) in [7, 11) is 2.21. The first-order valence-corrected chi connectivity index (χ1v) is 10.9. The summed E-state index contributed by atoms with van der Waals surface area (Å²) in [5, 5.41) is 5.83. The average Bonchev–Trinajstić information content (AvgIpc) is 3.16. The molecule has 8 nitrogen and oxygen atoms in total. The highest BCUT2D eigenvalue weighted by Gasteiger charge is 2.30. The van der Waals surface area contributed by atoms with E-state index in [1.165, 1.54) is 39.0 Å². The number of fused-ring (bicyclic) bond motifs is 1. The molecule has 1 saturated heterocycles. The van der Waals surface area contributed by atoms with Gasteiger partial charge in [0.25, 0.3) is 0 Å². The van der Waals surface area contributed by atoms with Crippen molar-refractivity contribution in [1.29, 1.82) is 0 Å². The smallest absolute Gasteiger partial charge is 0.164 e. The van der Waals surface area contributed by atoms with E-state index in [1.54, 1.807) is 6.33 Å². The van der Waals surface area contributed by atoms with E-state index in [4.69, 9.17) is 16.6 Å². The van der Waals surface area contributed by atoms with Crippen LogP contribution in [0.1, 0.15) is 31.7 Å². The zero-order valence-corrected chi connectivity index (χ0v) is 17.5. The molecular formula is C22H30N8. The lowest BCUT2D eigenvalue weighted by Crippen LogP contribution is -2.49. The Morgan fingerprint density at radius 2 is 1.53 bits per heavy atom. The van der Waals surface area contributed by atoms with Gasteiger partial charge in [-0.25, -0.2) is 14.6 Å². The minimum absolute atomic E-state index is 0.341. The van der Waals surface area contributed by atoms with Crippen molar-refractivity contribution in [3.05, 3.63) is 30.6 Å². The molecule has 2 aliphatic rings. The molecule has 1 saturated carbocycles. The average molecular weight is 407 g/mol. The highest BCUT2D eigenvalue weighted by atomic mass is 15.3. The largest absolute Gasteiger partial charge is 0.399 e. The van der Waals surface area contributed by atoms with Crippen LogP contribution in [-0.2, 0) is 0 Å². The summed E-state index contributed by atoms with van der Waals surface area (Å²) in [4.78, 5) is 13.9. The van der Waals surface area contributed by atoms with Gasteiger partial charge < -0.3 is 16.4 Å². The summed E-state index contributed by atoms with van der Waals surface area (Å²) >= 11 is 0. The molecule has 1 aliphatic carbocycles. The third-order valence-electron chi connectivity index (χ3n) is 6.77. The van der Waals surface area contributed by atoms with Crippen LogP contribution in [-0.4, -0.2) is 68.8 Å². The minimum Gasteiger partial charge on any atom is -0.399 e. The van der Waals surface area contributed by atoms with Gasteiger partial charge in [-0.3, -0.25) is 4.90 Å². The van der Waals surface area contributed by atoms with Crippen molar-refractivity contribution in [2.45, 2.75) is 37.8 Å². The Bertz CT molecular complexity index is 1010. The lowest BCUT2D eigenvalue weighted by molar-refractivity contribution is 0.0815. The van der Waals surface area contributed by atoms with Crippen molar-refractivity contribution < 1.29 is 0 Å². The van der Waals surface area contributed by atoms with Crippen molar-refractivity contribution in [3.8, 4) is 11.3 Å². The van der Waals surface area contributed by atoms with Crippen molar-refractivity contribution >= 4 is 22.5 Å². The molecule has 0 atom stereocenters. The molecule has 30 heavy (non-hydrogen) atoms. The second-order valence-electron chi connectivity index (χ2n) is 8.67. The van der Waals surface area contributed by atoms with Gasteiger partial charge in [0.15, 0.2) is 5.65 Å². The van der Waals surface area contributed by atoms with Crippen LogP contribution in [0, 0.1) is 0 Å². The van der Waals surface area contributed by atoms with Crippen LogP contribution in [0.2, 0.25) is 0 Å². The van der Waals surface area contributed by atoms with Crippen LogP contribution in [0.3, 0.4) is 0 Å². The molecule has 5 rings (SSSR count). The quantitative estimate of drug-likeness (QED) is 0.644. The summed E-state index contributed by atoms with van der Waals surface area (Å²) in [6.45, 7) is 4.71. The summed E-state index contributed by atoms with van der Waals surface area (Å²) in [6.07, 6.45) is 6.16. The standard InChI is InChI=1S/C22H30N8/c1-28-10-12-29(13-11-28)17-6-8-18(9-7-17)30-22-19(21(24)25-14-26-22)20(27-30)15-2-4-16(23)5-3-15/h2-5,14,17-18H,6-13,23H2,1H3,(H2,24,25,26)/t17-,18-. The van der Waals surface area contributed by atoms with Crippen LogP contribution in [0.25, 0.3) is 22.3 Å². The monoisotopic (exact) mass is 406 g/mol. The summed E-state index contributed by atoms with van der Waals surface area (Å²) in [5.41, 5.74) is 15.5. The molecule has 8 heteroatoms. The molecule has 2 fully saturated rings. The first-order chi connectivity index (χ1) is 14.6. The third-order valence-corrected chi connectivity index (χ3v) is 6.77. The molecule has 158 valence electrons. The maximum absolute atomic E-state index is 6.26. The van der Waals surface area contributed by atoms with Gasteiger partial charge in [0.2, 0.25) is 0 Å². The number of hydrogen-bond acceptors (Lipinski definition) is 7. The number of aromatic nitrogens is 4. The van der Waals surface area contributed by atoms with Crippen molar-refractivity contribution in [3.63, 3.8) is 0 Å². The first kappa shape index (κ1) is 19.3. The Labute approximate surface area is 176 Å². The molecule has 1 aromatic carbocycles. The number of nitrogens with two attached hydrogens (primary N) is 2. The molecular weight excluding hydrogens is 376 g/mol. The molecule has 1 aliphatic heterocycles. The third kappa shape index (κ3) is 3.50. The zero-order chi connectivity index (χ0) is 20.7. The fraction of sp³-hybridized carbons (Fsp3) is 0.500. The Morgan fingerprint density at radius 3 is 2.23 bits per heavy atom. The van der Waals surface area contributed by atoms with Gasteiger partial charge in [-0.05, 0) is 44.9 Å². The molecule has 0 bridgehead atoms. The summed E-state index contributed by atoms with van der Waals surface area (Å²) in [6, 6.07) is 8.78. The van der Waals surface area contributed by atoms with E-state index >= 15 is 0 Å². The van der Waals surface area contributed by atoms with E-state index in [2.05, 4.69) is 31.5 Å². The second-order valence-corrected chi connectivity index (χ2v) is 8.67. The fourth-order valence-corrected chi connectivity index (χ4v) is 4.95. The summed E-state index contributed by atoms with van der Waals surface area (Å²) in [5.74, 6) is 0.476. The Balaban J connectivity index is 1.41. The van der Waals surface area contributed by atoms with Crippen molar-refractivity contribution in [2.75, 3.05) is 44.7 Å². The van der Waals surface area contributed by atoms with Crippen LogP contribution >= 0.6 is 0 Å². The molecule has 3 aromatic rings. The number of nitrogen functional groups attached to an aromatic ring is 2. The molecule has 0 amide bonds. The van der Waals surface area contributed by atoms with Gasteiger partial charge in [-0.2, -0.15) is 5.10 Å². The second kappa shape index (κ2) is 7.85. The zero-order valence-electron chi connectivity index (χ0n) is 17.5. The van der Waals surface area contributed by atoms with E-state index in [0.717, 1.165) is 40.8 Å². The summed E-state index contributed by atoms with van der Waals surface area (Å²) < 4.78 is 2.10. The molecule has 0 unspecified atom stereocenters. The topological polar surface area (TPSA) is 102 Å². The fourth-order valence-electron chi connectivity index (χ4n) is 4.95. The number of likely N-dealkylation sites (N-methyl/N-ethyl adjacent to an activating group) is 1. The minimum atomic E-state index is 0.341. The van der Waals surface area contributed by atoms with Gasteiger partial charge in [0.1, 0.15) is 17.8 Å². The van der Waals surface area contributed by atoms with Crippen molar-refractivity contribution in [2.24, 2.45) is 0 Å². The SMILES string of the molecule is CN1CCN([C@H]2CC[C@H](n3nc(-c4ccc(N)cc4)c4c(N)ncnc43)CC2)CC1. The van der Waals surface area contributed by atoms with E-state index in [-0.39, 0.29) is 0 Å². The number of anilines is 2. The number of rotatable bonds is 3. The normalized spacial score (nSPS) is 23.8. The van der Waals surface area contributed by atoms with Gasteiger partial charge in [-0.15, -0.1) is 0 Å². The molecule has 0 spiro atoms. The first-order valence-electron chi connectivity index (χ1n) is 10.9. The highest BCUT2D eigenvalue weighted by Crippen LogP contribution is 2.37. The van der Waals surface area contributed by atoms with E-state index in [9.17, 15) is 0 Å². The van der Waals surface area contributed by atoms with Crippen LogP contribution < -0.4 is 11.5 Å². The maximum Gasteiger partial charge on any atom is 0.164 e. The van der Waals surface area contributed by atoms with Gasteiger partial charge in [-0.1, -0.05) is 12.1 Å². The maximum atomic E-state index is 6.26. The van der Waals surface area contributed by atoms with Crippen molar-refractivity contribution in [1.82, 2.24) is 29.5 Å². The van der Waals surface area contributed by atoms with Crippen LogP contribution in [0.15, 0.2) is 30.6 Å². The van der Waals surface area contributed by atoms with Crippen LogP contribution in [0.4, 0.5) is 11.5 Å². The number of piperazine rings is 1. The molecule has 0 radical (unpaired) electrons. The predicted molar refractivity (Wildman–Crippen MR) is 120 cm³/mol. The van der Waals surface area contributed by atoms with Crippen LogP contribution in [0.5, 0.6) is 0 Å². The highest BCUT2D eigenvalue weighted by molar-refractivity contribution is 5.98. The van der Waals surface area contributed by atoms with E-state index in [0.29, 0.717) is 17.9 Å². The predicted octanol–water partition coefficient (Wildman–Crippen LogP) is 2.39. The number of benzene rings is 1. The Kier molecular flexibility index (Phi) is 5.04. The Hall–Kier alpha value is -2.71. The molecule has 3 heterocycles. The lowest BCUT2D eigenvalue weighted by atomic mass is 9.90. The van der Waals surface area contributed by atoms with Gasteiger partial charge >= 0.3 is 0 Å². The van der Waals surface area contributed by atoms with Gasteiger partial charge in [0, 0.05) is 43.5 Å². The van der Waals surface area contributed by atoms with E-state index in [1.807, 2.05) is 24.3 Å². The lowest BCUT2D eigenvalue weighted by Gasteiger charge is -2.41. The molecule has 4 N–H and O–H groups in total.